The molecular formula is C44H42O2. The molecule has 46 heavy (non-hydrogen) atoms. The van der Waals surface area contributed by atoms with Crippen LogP contribution < -0.4 is 0 Å². The summed E-state index contributed by atoms with van der Waals surface area (Å²) in [5.41, 5.74) is 12.1. The maximum atomic E-state index is 6.58. The maximum absolute atomic E-state index is 6.58. The van der Waals surface area contributed by atoms with Gasteiger partial charge >= 0.3 is 0 Å². The molecule has 2 heteroatoms. The number of unbranched alkanes of at least 4 members (excludes halogenated alkanes) is 2. The molecule has 230 valence electrons. The van der Waals surface area contributed by atoms with E-state index in [4.69, 9.17) is 8.83 Å². The van der Waals surface area contributed by atoms with Crippen molar-refractivity contribution >= 4 is 12.2 Å². The molecule has 0 radical (unpaired) electrons. The Morgan fingerprint density at radius 2 is 0.826 bits per heavy atom. The van der Waals surface area contributed by atoms with Gasteiger partial charge < -0.3 is 8.83 Å². The lowest BCUT2D eigenvalue weighted by atomic mass is 9.98. The Morgan fingerprint density at radius 3 is 1.20 bits per heavy atom. The third-order valence-electron chi connectivity index (χ3n) is 9.21. The fourth-order valence-corrected chi connectivity index (χ4v) is 6.38. The van der Waals surface area contributed by atoms with Gasteiger partial charge in [-0.3, -0.25) is 0 Å². The summed E-state index contributed by atoms with van der Waals surface area (Å²) in [7, 11) is 0. The molecule has 0 atom stereocenters. The van der Waals surface area contributed by atoms with Crippen molar-refractivity contribution in [1.29, 1.82) is 0 Å². The van der Waals surface area contributed by atoms with E-state index < -0.39 is 0 Å². The molecule has 2 nitrogen and oxygen atoms in total. The van der Waals surface area contributed by atoms with Crippen LogP contribution in [0.3, 0.4) is 0 Å². The predicted octanol–water partition coefficient (Wildman–Crippen LogP) is 12.5. The van der Waals surface area contributed by atoms with Crippen LogP contribution in [0.4, 0.5) is 0 Å². The number of rotatable bonds is 6. The first kappa shape index (κ1) is 29.9. The van der Waals surface area contributed by atoms with Gasteiger partial charge in [-0.1, -0.05) is 136 Å². The van der Waals surface area contributed by atoms with Crippen molar-refractivity contribution in [3.05, 3.63) is 143 Å². The Bertz CT molecular complexity index is 1770. The quantitative estimate of drug-likeness (QED) is 0.190. The summed E-state index contributed by atoms with van der Waals surface area (Å²) in [6.45, 7) is 4.49. The summed E-state index contributed by atoms with van der Waals surface area (Å²) in [4.78, 5) is 0. The van der Waals surface area contributed by atoms with Gasteiger partial charge in [-0.15, -0.1) is 0 Å². The molecule has 7 aliphatic heterocycles. The predicted molar refractivity (Wildman–Crippen MR) is 193 cm³/mol. The highest BCUT2D eigenvalue weighted by molar-refractivity contribution is 5.75. The first-order chi connectivity index (χ1) is 22.7. The Kier molecular flexibility index (Phi) is 8.87. The van der Waals surface area contributed by atoms with E-state index in [0.717, 1.165) is 108 Å². The molecule has 0 amide bonds. The number of benzene rings is 4. The first-order valence-electron chi connectivity index (χ1n) is 17.0. The number of hydrogen-bond acceptors (Lipinski definition) is 2. The van der Waals surface area contributed by atoms with Crippen LogP contribution in [0.15, 0.2) is 118 Å². The van der Waals surface area contributed by atoms with E-state index >= 15 is 0 Å². The van der Waals surface area contributed by atoms with Gasteiger partial charge in [0.25, 0.3) is 0 Å². The average molecular weight is 603 g/mol. The number of hydrogen-bond donors (Lipinski definition) is 0. The largest absolute Gasteiger partial charge is 0.456 e. The Morgan fingerprint density at radius 1 is 0.457 bits per heavy atom. The average Bonchev–Trinajstić information content (AvgIpc) is 3.73. The lowest BCUT2D eigenvalue weighted by Crippen LogP contribution is -1.92. The van der Waals surface area contributed by atoms with Crippen LogP contribution in [0, 0.1) is 0 Å². The normalized spacial score (nSPS) is 13.1. The lowest BCUT2D eigenvalue weighted by Gasteiger charge is -2.07. The Hall–Kier alpha value is -4.82. The Labute approximate surface area is 273 Å². The van der Waals surface area contributed by atoms with Crippen LogP contribution in [0.1, 0.15) is 72.9 Å². The monoisotopic (exact) mass is 602 g/mol. The number of furan rings is 2. The molecule has 2 aromatic heterocycles. The third-order valence-corrected chi connectivity index (χ3v) is 9.21. The maximum Gasteiger partial charge on any atom is 0.137 e. The van der Waals surface area contributed by atoms with E-state index in [0.29, 0.717) is 0 Å². The highest BCUT2D eigenvalue weighted by Crippen LogP contribution is 2.36. The highest BCUT2D eigenvalue weighted by Gasteiger charge is 2.16. The van der Waals surface area contributed by atoms with E-state index in [2.05, 4.69) is 135 Å². The minimum atomic E-state index is 0.931. The van der Waals surface area contributed by atoms with E-state index in [1.165, 1.54) is 22.3 Å². The van der Waals surface area contributed by atoms with Gasteiger partial charge in [-0.25, -0.2) is 0 Å². The smallest absolute Gasteiger partial charge is 0.137 e. The van der Waals surface area contributed by atoms with Crippen molar-refractivity contribution in [2.45, 2.75) is 65.2 Å². The molecule has 6 aromatic rings. The molecule has 4 aromatic carbocycles. The van der Waals surface area contributed by atoms with Crippen LogP contribution >= 0.6 is 0 Å². The van der Waals surface area contributed by atoms with Crippen molar-refractivity contribution in [2.75, 3.05) is 0 Å². The van der Waals surface area contributed by atoms with Gasteiger partial charge in [0.2, 0.25) is 0 Å². The summed E-state index contributed by atoms with van der Waals surface area (Å²) < 4.78 is 13.2. The van der Waals surface area contributed by atoms with Crippen LogP contribution in [-0.2, 0) is 25.7 Å². The van der Waals surface area contributed by atoms with E-state index in [1.54, 1.807) is 0 Å². The zero-order valence-electron chi connectivity index (χ0n) is 27.0. The Balaban J connectivity index is 1.26. The summed E-state index contributed by atoms with van der Waals surface area (Å²) >= 11 is 0. The summed E-state index contributed by atoms with van der Waals surface area (Å²) in [6, 6.07) is 39.8. The van der Waals surface area contributed by atoms with Crippen LogP contribution in [0.5, 0.6) is 0 Å². The second-order valence-electron chi connectivity index (χ2n) is 12.6. The topological polar surface area (TPSA) is 26.3 Å². The number of aryl methyl sites for hydroxylation is 4. The van der Waals surface area contributed by atoms with Gasteiger partial charge in [0, 0.05) is 22.3 Å². The second-order valence-corrected chi connectivity index (χ2v) is 12.6. The van der Waals surface area contributed by atoms with Gasteiger partial charge in [0.05, 0.1) is 0 Å². The molecule has 13 rings (SSSR count). The molecule has 7 aliphatic rings. The van der Waals surface area contributed by atoms with Crippen molar-refractivity contribution in [3.63, 3.8) is 0 Å². The van der Waals surface area contributed by atoms with E-state index in [9.17, 15) is 0 Å². The molecule has 0 spiro atoms. The van der Waals surface area contributed by atoms with Crippen LogP contribution in [-0.4, -0.2) is 0 Å². The lowest BCUT2D eigenvalue weighted by molar-refractivity contribution is 0.592. The summed E-state index contributed by atoms with van der Waals surface area (Å²) in [6.07, 6.45) is 13.0. The first-order valence-corrected chi connectivity index (χ1v) is 17.0. The minimum absolute atomic E-state index is 0.931. The zero-order valence-corrected chi connectivity index (χ0v) is 27.0. The van der Waals surface area contributed by atoms with Gasteiger partial charge in [0.15, 0.2) is 0 Å². The standard InChI is InChI=1S/C44H42O2/c1-3-5-7-39-29-41-35-21-13-31(14-22-35)9-10-32-15-23-36(24-16-32)42-30-40(8-6-4-2)44(46-42)38-27-19-34(20-28-38)12-11-33-17-25-37(26-18-33)43(39)45-41/h9-10,13-30H,3-8,11-12H2,1-2H3/b10-9-. The van der Waals surface area contributed by atoms with Crippen molar-refractivity contribution in [3.8, 4) is 45.3 Å². The molecule has 0 fully saturated rings. The molecule has 0 N–H and O–H groups in total. The summed E-state index contributed by atoms with van der Waals surface area (Å²) in [5.74, 6) is 3.86. The highest BCUT2D eigenvalue weighted by atomic mass is 16.3. The zero-order chi connectivity index (χ0) is 31.3. The van der Waals surface area contributed by atoms with Gasteiger partial charge in [-0.05, 0) is 84.0 Å². The second kappa shape index (κ2) is 13.7. The third kappa shape index (κ3) is 6.58. The fraction of sp³-hybridized carbons (Fsp3) is 0.227. The van der Waals surface area contributed by atoms with Gasteiger partial charge in [0.1, 0.15) is 23.0 Å². The van der Waals surface area contributed by atoms with Crippen molar-refractivity contribution < 1.29 is 8.83 Å². The molecule has 9 heterocycles. The van der Waals surface area contributed by atoms with Gasteiger partial charge in [-0.2, -0.15) is 0 Å². The fourth-order valence-electron chi connectivity index (χ4n) is 6.38. The SMILES string of the molecule is CCCCc1cc2oc1-c1ccc(cc1)CCc1ccc(cc1)-c1oc(cc1CCCC)-c1ccc(cc1)/C=C\c1ccc-2cc1. The van der Waals surface area contributed by atoms with Crippen LogP contribution in [0.25, 0.3) is 57.4 Å². The molecule has 0 aliphatic carbocycles. The van der Waals surface area contributed by atoms with Crippen molar-refractivity contribution in [2.24, 2.45) is 0 Å². The van der Waals surface area contributed by atoms with E-state index in [-0.39, 0.29) is 0 Å². The molecular weight excluding hydrogens is 560 g/mol. The summed E-state index contributed by atoms with van der Waals surface area (Å²) in [5, 5.41) is 0. The van der Waals surface area contributed by atoms with E-state index in [1.807, 2.05) is 0 Å². The molecule has 0 saturated carbocycles. The molecule has 0 saturated heterocycles. The van der Waals surface area contributed by atoms with Crippen LogP contribution in [0.2, 0.25) is 0 Å². The molecule has 12 bridgehead atoms. The van der Waals surface area contributed by atoms with Crippen molar-refractivity contribution in [1.82, 2.24) is 0 Å². The molecule has 0 unspecified atom stereocenters. The minimum Gasteiger partial charge on any atom is -0.456 e.